The van der Waals surface area contributed by atoms with Gasteiger partial charge in [0.2, 0.25) is 0 Å². The van der Waals surface area contributed by atoms with E-state index in [0.29, 0.717) is 19.3 Å². The van der Waals surface area contributed by atoms with Crippen molar-refractivity contribution in [3.63, 3.8) is 0 Å². The summed E-state index contributed by atoms with van der Waals surface area (Å²) in [4.78, 5) is 38.3. The molecule has 1 unspecified atom stereocenters. The molecule has 0 saturated carbocycles. The van der Waals surface area contributed by atoms with Gasteiger partial charge in [-0.05, 0) is 116 Å². The molecule has 430 valence electrons. The Hall–Kier alpha value is -4.45. The summed E-state index contributed by atoms with van der Waals surface area (Å²) >= 11 is 0. The van der Waals surface area contributed by atoms with Gasteiger partial charge in [0.25, 0.3) is 0 Å². The van der Waals surface area contributed by atoms with Gasteiger partial charge in [0.1, 0.15) is 13.2 Å². The molecule has 0 radical (unpaired) electrons. The fraction of sp³-hybridized carbons (Fsp3) is 0.643. The summed E-state index contributed by atoms with van der Waals surface area (Å²) in [5.74, 6) is -0.938. The molecule has 0 aliphatic carbocycles. The van der Waals surface area contributed by atoms with Crippen molar-refractivity contribution in [2.24, 2.45) is 0 Å². The Bertz CT molecular complexity index is 1630. The maximum absolute atomic E-state index is 12.9. The molecule has 0 N–H and O–H groups in total. The molecule has 6 nitrogen and oxygen atoms in total. The molecule has 0 aromatic heterocycles. The maximum Gasteiger partial charge on any atom is 0.306 e. The average Bonchev–Trinajstić information content (AvgIpc) is 3.42. The number of hydrogen-bond donors (Lipinski definition) is 0. The Labute approximate surface area is 468 Å². The van der Waals surface area contributed by atoms with Crippen LogP contribution < -0.4 is 0 Å². The summed E-state index contributed by atoms with van der Waals surface area (Å²) in [6.07, 6.45) is 88.7. The molecular formula is C70H114O6. The molecule has 0 saturated heterocycles. The Morgan fingerprint density at radius 2 is 0.513 bits per heavy atom. The Balaban J connectivity index is 4.43. The second kappa shape index (κ2) is 63.1. The fourth-order valence-corrected chi connectivity index (χ4v) is 8.30. The van der Waals surface area contributed by atoms with Gasteiger partial charge >= 0.3 is 17.9 Å². The number of esters is 3. The molecule has 0 aromatic rings. The first kappa shape index (κ1) is 71.5. The lowest BCUT2D eigenvalue weighted by Gasteiger charge is -2.18. The highest BCUT2D eigenvalue weighted by Crippen LogP contribution is 2.15. The zero-order chi connectivity index (χ0) is 55.0. The number of hydrogen-bond acceptors (Lipinski definition) is 6. The molecular weight excluding hydrogens is 937 g/mol. The molecule has 0 bridgehead atoms. The smallest absolute Gasteiger partial charge is 0.306 e. The average molecular weight is 1050 g/mol. The van der Waals surface area contributed by atoms with Crippen LogP contribution in [0.15, 0.2) is 134 Å². The molecule has 0 aromatic carbocycles. The quantitative estimate of drug-likeness (QED) is 0.0261. The van der Waals surface area contributed by atoms with Gasteiger partial charge in [0.05, 0.1) is 0 Å². The van der Waals surface area contributed by atoms with Gasteiger partial charge in [0.15, 0.2) is 6.10 Å². The summed E-state index contributed by atoms with van der Waals surface area (Å²) < 4.78 is 16.9. The Morgan fingerprint density at radius 3 is 0.803 bits per heavy atom. The summed E-state index contributed by atoms with van der Waals surface area (Å²) in [7, 11) is 0. The third-order valence-electron chi connectivity index (χ3n) is 12.9. The van der Waals surface area contributed by atoms with E-state index in [4.69, 9.17) is 14.2 Å². The molecule has 0 fully saturated rings. The number of unbranched alkanes of at least 4 members (excludes halogenated alkanes) is 22. The van der Waals surface area contributed by atoms with Gasteiger partial charge in [-0.2, -0.15) is 0 Å². The van der Waals surface area contributed by atoms with E-state index in [1.165, 1.54) is 70.6 Å². The van der Waals surface area contributed by atoms with Gasteiger partial charge in [0, 0.05) is 19.3 Å². The summed E-state index contributed by atoms with van der Waals surface area (Å²) in [6.45, 7) is 6.38. The minimum absolute atomic E-state index is 0.0961. The van der Waals surface area contributed by atoms with E-state index in [-0.39, 0.29) is 31.1 Å². The molecule has 0 aliphatic rings. The Kier molecular flexibility index (Phi) is 59.4. The van der Waals surface area contributed by atoms with Crippen molar-refractivity contribution in [2.75, 3.05) is 13.2 Å². The lowest BCUT2D eigenvalue weighted by molar-refractivity contribution is -0.167. The van der Waals surface area contributed by atoms with Crippen LogP contribution in [0.4, 0.5) is 0 Å². The lowest BCUT2D eigenvalue weighted by Crippen LogP contribution is -2.30. The molecule has 0 rings (SSSR count). The van der Waals surface area contributed by atoms with Crippen LogP contribution in [0.5, 0.6) is 0 Å². The van der Waals surface area contributed by atoms with Gasteiger partial charge in [-0.1, -0.05) is 270 Å². The molecule has 0 amide bonds. The van der Waals surface area contributed by atoms with Crippen LogP contribution in [0.1, 0.15) is 271 Å². The van der Waals surface area contributed by atoms with E-state index >= 15 is 0 Å². The second-order valence-electron chi connectivity index (χ2n) is 20.2. The number of ether oxygens (including phenoxy) is 3. The molecule has 1 atom stereocenters. The summed E-state index contributed by atoms with van der Waals surface area (Å²) in [6, 6.07) is 0. The molecule has 0 heterocycles. The van der Waals surface area contributed by atoms with Crippen LogP contribution in [0, 0.1) is 0 Å². The van der Waals surface area contributed by atoms with E-state index in [2.05, 4.69) is 154 Å². The molecule has 0 spiro atoms. The highest BCUT2D eigenvalue weighted by molar-refractivity contribution is 5.71. The predicted octanol–water partition coefficient (Wildman–Crippen LogP) is 21.4. The number of rotatable bonds is 55. The van der Waals surface area contributed by atoms with E-state index in [1.807, 2.05) is 0 Å². The molecule has 6 heteroatoms. The van der Waals surface area contributed by atoms with E-state index in [1.54, 1.807) is 0 Å². The topological polar surface area (TPSA) is 78.9 Å². The first-order valence-corrected chi connectivity index (χ1v) is 31.2. The SMILES string of the molecule is CC/C=C\C/C=C\C/C=C\C/C=C\C/C=C\C/C=C\C/C=C\CCCCCCCC(=O)OCC(COC(=O)CCCCCCCCCCCCCCCC)OC(=O)CCCCCC/C=C\C/C=C\C/C=C\C/C=C\CC. The highest BCUT2D eigenvalue weighted by atomic mass is 16.6. The fourth-order valence-electron chi connectivity index (χ4n) is 8.30. The van der Waals surface area contributed by atoms with Crippen molar-refractivity contribution in [1.29, 1.82) is 0 Å². The zero-order valence-electron chi connectivity index (χ0n) is 49.2. The number of carbonyl (C=O) groups is 3. The van der Waals surface area contributed by atoms with E-state index < -0.39 is 6.10 Å². The first-order chi connectivity index (χ1) is 37.5. The van der Waals surface area contributed by atoms with Crippen LogP contribution in [-0.2, 0) is 28.6 Å². The third kappa shape index (κ3) is 60.4. The van der Waals surface area contributed by atoms with Gasteiger partial charge < -0.3 is 14.2 Å². The van der Waals surface area contributed by atoms with Crippen LogP contribution >= 0.6 is 0 Å². The van der Waals surface area contributed by atoms with Gasteiger partial charge in [-0.15, -0.1) is 0 Å². The standard InChI is InChI=1S/C70H114O6/c1-4-7-10-13-16-19-22-25-28-30-31-32-33-34-35-36-37-38-39-41-42-45-48-51-54-57-60-63-69(72)75-66-67(65-74-68(71)62-59-56-53-50-47-44-27-24-21-18-15-12-9-6-3)76-70(73)64-61-58-55-52-49-46-43-40-29-26-23-20-17-14-11-8-5-2/h7-8,10-11,16-17,19-20,25-26,28-29,31-32,34-35,37-38,41-43,46,67H,4-6,9,12-15,18,21-24,27,30,33,36,39-40,44-45,47-66H2,1-3H3/b10-7-,11-8-,19-16-,20-17-,28-25-,29-26-,32-31-,35-34-,38-37-,42-41-,46-43-. The number of carbonyl (C=O) groups excluding carboxylic acids is 3. The van der Waals surface area contributed by atoms with E-state index in [9.17, 15) is 14.4 Å². The van der Waals surface area contributed by atoms with Crippen molar-refractivity contribution < 1.29 is 28.6 Å². The van der Waals surface area contributed by atoms with Crippen molar-refractivity contribution in [1.82, 2.24) is 0 Å². The first-order valence-electron chi connectivity index (χ1n) is 31.2. The van der Waals surface area contributed by atoms with E-state index in [0.717, 1.165) is 161 Å². The minimum Gasteiger partial charge on any atom is -0.462 e. The normalized spacial score (nSPS) is 13.0. The van der Waals surface area contributed by atoms with Gasteiger partial charge in [-0.25, -0.2) is 0 Å². The van der Waals surface area contributed by atoms with Crippen molar-refractivity contribution >= 4 is 17.9 Å². The lowest BCUT2D eigenvalue weighted by atomic mass is 10.0. The number of allylic oxidation sites excluding steroid dienone is 22. The zero-order valence-corrected chi connectivity index (χ0v) is 49.2. The monoisotopic (exact) mass is 1050 g/mol. The molecule has 76 heavy (non-hydrogen) atoms. The third-order valence-corrected chi connectivity index (χ3v) is 12.9. The van der Waals surface area contributed by atoms with Crippen LogP contribution in [0.25, 0.3) is 0 Å². The molecule has 0 aliphatic heterocycles. The summed E-state index contributed by atoms with van der Waals surface area (Å²) in [5, 5.41) is 0. The van der Waals surface area contributed by atoms with Crippen molar-refractivity contribution in [3.05, 3.63) is 134 Å². The minimum atomic E-state index is -0.803. The predicted molar refractivity (Wildman–Crippen MR) is 329 cm³/mol. The second-order valence-corrected chi connectivity index (χ2v) is 20.2. The van der Waals surface area contributed by atoms with Crippen molar-refractivity contribution in [3.8, 4) is 0 Å². The van der Waals surface area contributed by atoms with Crippen LogP contribution in [-0.4, -0.2) is 37.2 Å². The largest absolute Gasteiger partial charge is 0.462 e. The maximum atomic E-state index is 12.9. The Morgan fingerprint density at radius 1 is 0.276 bits per heavy atom. The van der Waals surface area contributed by atoms with Gasteiger partial charge in [-0.3, -0.25) is 14.4 Å². The van der Waals surface area contributed by atoms with Crippen LogP contribution in [0.3, 0.4) is 0 Å². The van der Waals surface area contributed by atoms with Crippen molar-refractivity contribution in [2.45, 2.75) is 277 Å². The summed E-state index contributed by atoms with van der Waals surface area (Å²) in [5.41, 5.74) is 0. The highest BCUT2D eigenvalue weighted by Gasteiger charge is 2.19. The van der Waals surface area contributed by atoms with Crippen LogP contribution in [0.2, 0.25) is 0 Å².